The molecule has 0 unspecified atom stereocenters. The third-order valence-electron chi connectivity index (χ3n) is 5.54. The first-order valence-corrected chi connectivity index (χ1v) is 11.4. The number of fused-ring (bicyclic) bond motifs is 2. The normalized spacial score (nSPS) is 15.0. The highest BCUT2D eigenvalue weighted by atomic mass is 32.1. The highest BCUT2D eigenvalue weighted by Crippen LogP contribution is 2.37. The van der Waals surface area contributed by atoms with E-state index in [-0.39, 0.29) is 0 Å². The van der Waals surface area contributed by atoms with Crippen molar-refractivity contribution >= 4 is 44.0 Å². The van der Waals surface area contributed by atoms with Crippen molar-refractivity contribution in [3.05, 3.63) is 66.4 Å². The van der Waals surface area contributed by atoms with E-state index < -0.39 is 0 Å². The number of nitrogens with one attached hydrogen (secondary N) is 1. The first kappa shape index (κ1) is 19.8. The van der Waals surface area contributed by atoms with Gasteiger partial charge in [0.2, 0.25) is 0 Å². The third kappa shape index (κ3) is 3.92. The van der Waals surface area contributed by atoms with E-state index in [1.54, 1.807) is 28.6 Å². The van der Waals surface area contributed by atoms with E-state index in [4.69, 9.17) is 9.47 Å². The molecular formula is C24H20N6O2S. The minimum Gasteiger partial charge on any atom is -0.464 e. The van der Waals surface area contributed by atoms with Crippen LogP contribution in [0.15, 0.2) is 66.4 Å². The molecule has 4 heterocycles. The molecule has 1 aliphatic rings. The highest BCUT2D eigenvalue weighted by Gasteiger charge is 2.15. The summed E-state index contributed by atoms with van der Waals surface area (Å²) in [6.07, 6.45) is 8.03. The van der Waals surface area contributed by atoms with Gasteiger partial charge in [-0.2, -0.15) is 5.10 Å². The fraction of sp³-hybridized carbons (Fsp3) is 0.167. The standard InChI is InChI=1S/C24H20N6O2S/c1-30-10-17(9-28-30)16-6-20-23(21(7-16)32-12-15-4-5-31-11-15)24(26-13-25-20)29-18-2-3-19-22(8-18)33-14-27-19/h2-3,6-10,12-14H,4-5,11H2,1H3,(H,25,26,29)/b15-12+. The molecule has 9 heteroatoms. The van der Waals surface area contributed by atoms with Crippen LogP contribution in [-0.4, -0.2) is 37.9 Å². The van der Waals surface area contributed by atoms with Gasteiger partial charge in [-0.15, -0.1) is 11.3 Å². The minimum absolute atomic E-state index is 0.594. The van der Waals surface area contributed by atoms with Crippen LogP contribution in [0, 0.1) is 0 Å². The smallest absolute Gasteiger partial charge is 0.145 e. The second kappa shape index (κ2) is 8.27. The number of ether oxygens (including phenoxy) is 2. The summed E-state index contributed by atoms with van der Waals surface area (Å²) in [4.78, 5) is 13.4. The average Bonchev–Trinajstić information content (AvgIpc) is 3.59. The maximum absolute atomic E-state index is 6.21. The number of anilines is 2. The Morgan fingerprint density at radius 1 is 1.12 bits per heavy atom. The van der Waals surface area contributed by atoms with Gasteiger partial charge in [0.05, 0.1) is 52.3 Å². The average molecular weight is 457 g/mol. The topological polar surface area (TPSA) is 87.0 Å². The molecule has 3 aromatic heterocycles. The van der Waals surface area contributed by atoms with E-state index in [0.29, 0.717) is 18.2 Å². The Hall–Kier alpha value is -3.82. The Balaban J connectivity index is 1.46. The lowest BCUT2D eigenvalue weighted by atomic mass is 10.1. The first-order chi connectivity index (χ1) is 16.2. The highest BCUT2D eigenvalue weighted by molar-refractivity contribution is 7.16. The van der Waals surface area contributed by atoms with E-state index in [9.17, 15) is 0 Å². The van der Waals surface area contributed by atoms with Crippen molar-refractivity contribution < 1.29 is 9.47 Å². The van der Waals surface area contributed by atoms with Crippen molar-refractivity contribution in [2.75, 3.05) is 18.5 Å². The number of hydrogen-bond acceptors (Lipinski definition) is 8. The number of nitrogens with zero attached hydrogens (tertiary/aromatic N) is 5. The van der Waals surface area contributed by atoms with Gasteiger partial charge < -0.3 is 14.8 Å². The van der Waals surface area contributed by atoms with Crippen molar-refractivity contribution in [3.8, 4) is 16.9 Å². The summed E-state index contributed by atoms with van der Waals surface area (Å²) < 4.78 is 14.6. The lowest BCUT2D eigenvalue weighted by Gasteiger charge is -2.13. The number of benzene rings is 2. The number of rotatable bonds is 5. The van der Waals surface area contributed by atoms with E-state index in [2.05, 4.69) is 31.4 Å². The quantitative estimate of drug-likeness (QED) is 0.370. The lowest BCUT2D eigenvalue weighted by Crippen LogP contribution is -1.99. The number of aromatic nitrogens is 5. The molecular weight excluding hydrogens is 436 g/mol. The van der Waals surface area contributed by atoms with E-state index in [1.807, 2.05) is 49.2 Å². The van der Waals surface area contributed by atoms with E-state index >= 15 is 0 Å². The molecule has 1 N–H and O–H groups in total. The molecule has 8 nitrogen and oxygen atoms in total. The molecule has 1 fully saturated rings. The van der Waals surface area contributed by atoms with Gasteiger partial charge in [0.15, 0.2) is 0 Å². The molecule has 0 spiro atoms. The molecule has 33 heavy (non-hydrogen) atoms. The van der Waals surface area contributed by atoms with Gasteiger partial charge in [-0.25, -0.2) is 15.0 Å². The predicted molar refractivity (Wildman–Crippen MR) is 129 cm³/mol. The van der Waals surface area contributed by atoms with Crippen LogP contribution in [0.3, 0.4) is 0 Å². The molecule has 6 rings (SSSR count). The largest absolute Gasteiger partial charge is 0.464 e. The molecule has 164 valence electrons. The van der Waals surface area contributed by atoms with Gasteiger partial charge in [-0.05, 0) is 47.9 Å². The number of hydrogen-bond donors (Lipinski definition) is 1. The van der Waals surface area contributed by atoms with Crippen LogP contribution >= 0.6 is 11.3 Å². The second-order valence-electron chi connectivity index (χ2n) is 7.85. The van der Waals surface area contributed by atoms with E-state index in [1.165, 1.54) is 0 Å². The summed E-state index contributed by atoms with van der Waals surface area (Å²) in [5.41, 5.74) is 7.62. The van der Waals surface area contributed by atoms with Gasteiger partial charge in [0.25, 0.3) is 0 Å². The van der Waals surface area contributed by atoms with Crippen molar-refractivity contribution in [2.24, 2.45) is 7.05 Å². The molecule has 0 saturated carbocycles. The maximum atomic E-state index is 6.21. The molecule has 2 aromatic carbocycles. The molecule has 5 aromatic rings. The first-order valence-electron chi connectivity index (χ1n) is 10.5. The molecule has 1 saturated heterocycles. The Morgan fingerprint density at radius 3 is 2.94 bits per heavy atom. The van der Waals surface area contributed by atoms with Gasteiger partial charge >= 0.3 is 0 Å². The molecule has 0 atom stereocenters. The van der Waals surface area contributed by atoms with Gasteiger partial charge in [-0.3, -0.25) is 4.68 Å². The summed E-state index contributed by atoms with van der Waals surface area (Å²) in [5.74, 6) is 1.35. The van der Waals surface area contributed by atoms with Crippen molar-refractivity contribution in [1.82, 2.24) is 24.7 Å². The van der Waals surface area contributed by atoms with Crippen LogP contribution in [0.1, 0.15) is 6.42 Å². The summed E-state index contributed by atoms with van der Waals surface area (Å²) in [7, 11) is 1.90. The second-order valence-corrected chi connectivity index (χ2v) is 8.74. The molecule has 0 amide bonds. The van der Waals surface area contributed by atoms with Gasteiger partial charge in [0, 0.05) is 24.5 Å². The Labute approximate surface area is 193 Å². The number of aryl methyl sites for hydroxylation is 1. The zero-order valence-electron chi connectivity index (χ0n) is 17.9. The molecule has 1 aliphatic heterocycles. The van der Waals surface area contributed by atoms with Gasteiger partial charge in [0.1, 0.15) is 17.9 Å². The maximum Gasteiger partial charge on any atom is 0.145 e. The summed E-state index contributed by atoms with van der Waals surface area (Å²) in [5, 5.41) is 8.56. The zero-order valence-corrected chi connectivity index (χ0v) is 18.7. The monoisotopic (exact) mass is 456 g/mol. The van der Waals surface area contributed by atoms with E-state index in [0.717, 1.165) is 56.5 Å². The molecule has 0 radical (unpaired) electrons. The number of thiazole rings is 1. The lowest BCUT2D eigenvalue weighted by molar-refractivity contribution is 0.204. The zero-order chi connectivity index (χ0) is 22.2. The summed E-state index contributed by atoms with van der Waals surface area (Å²) >= 11 is 1.61. The fourth-order valence-corrected chi connectivity index (χ4v) is 4.58. The Bertz CT molecular complexity index is 1500. The molecule has 0 aliphatic carbocycles. The minimum atomic E-state index is 0.594. The summed E-state index contributed by atoms with van der Waals surface area (Å²) in [6, 6.07) is 10.1. The van der Waals surface area contributed by atoms with Crippen molar-refractivity contribution in [1.29, 1.82) is 0 Å². The van der Waals surface area contributed by atoms with Gasteiger partial charge in [-0.1, -0.05) is 0 Å². The van der Waals surface area contributed by atoms with Crippen LogP contribution in [0.25, 0.3) is 32.2 Å². The molecule has 0 bridgehead atoms. The van der Waals surface area contributed by atoms with Crippen LogP contribution in [0.4, 0.5) is 11.5 Å². The SMILES string of the molecule is Cn1cc(-c2cc(O/C=C3\CCOC3)c3c(Nc4ccc5ncsc5c4)ncnc3c2)cn1. The van der Waals surface area contributed by atoms with Crippen molar-refractivity contribution in [3.63, 3.8) is 0 Å². The summed E-state index contributed by atoms with van der Waals surface area (Å²) in [6.45, 7) is 1.32. The van der Waals surface area contributed by atoms with Crippen LogP contribution in [-0.2, 0) is 11.8 Å². The Kier molecular flexibility index (Phi) is 4.97. The fourth-order valence-electron chi connectivity index (χ4n) is 3.87. The predicted octanol–water partition coefficient (Wildman–Crippen LogP) is 5.07. The Morgan fingerprint density at radius 2 is 2.09 bits per heavy atom. The van der Waals surface area contributed by atoms with Crippen LogP contribution < -0.4 is 10.1 Å². The third-order valence-corrected chi connectivity index (χ3v) is 6.33. The van der Waals surface area contributed by atoms with Crippen LogP contribution in [0.2, 0.25) is 0 Å². The van der Waals surface area contributed by atoms with Crippen LogP contribution in [0.5, 0.6) is 5.75 Å². The van der Waals surface area contributed by atoms with Crippen molar-refractivity contribution in [2.45, 2.75) is 6.42 Å².